The second-order valence-electron chi connectivity index (χ2n) is 5.84. The summed E-state index contributed by atoms with van der Waals surface area (Å²) < 4.78 is 15.5. The Morgan fingerprint density at radius 1 is 1.31 bits per heavy atom. The van der Waals surface area contributed by atoms with Crippen molar-refractivity contribution >= 4 is 17.2 Å². The molecule has 1 amide bonds. The lowest BCUT2D eigenvalue weighted by molar-refractivity contribution is 0.0943. The first kappa shape index (κ1) is 18.2. The number of rotatable bonds is 7. The predicted molar refractivity (Wildman–Crippen MR) is 98.2 cm³/mol. The molecule has 0 aliphatic rings. The number of amides is 1. The van der Waals surface area contributed by atoms with Crippen LogP contribution in [-0.4, -0.2) is 32.2 Å². The van der Waals surface area contributed by atoms with Crippen LogP contribution in [0, 0.1) is 12.7 Å². The summed E-state index contributed by atoms with van der Waals surface area (Å²) in [5.41, 5.74) is 0.292. The number of carbonyl (C=O) groups excluding carboxylic acids is 1. The monoisotopic (exact) mass is 373 g/mol. The lowest BCUT2D eigenvalue weighted by Gasteiger charge is -2.05. The van der Waals surface area contributed by atoms with Crippen LogP contribution in [0.5, 0.6) is 0 Å². The van der Waals surface area contributed by atoms with Crippen LogP contribution in [0.3, 0.4) is 0 Å². The summed E-state index contributed by atoms with van der Waals surface area (Å²) in [4.78, 5) is 22.1. The minimum Gasteiger partial charge on any atom is -0.349 e. The molecule has 1 aromatic carbocycles. The fourth-order valence-electron chi connectivity index (χ4n) is 2.52. The van der Waals surface area contributed by atoms with Gasteiger partial charge in [-0.15, -0.1) is 16.4 Å². The molecule has 0 bridgehead atoms. The molecule has 0 radical (unpaired) electrons. The molecule has 0 unspecified atom stereocenters. The highest BCUT2D eigenvalue weighted by Crippen LogP contribution is 2.15. The van der Waals surface area contributed by atoms with Crippen molar-refractivity contribution in [2.45, 2.75) is 33.1 Å². The van der Waals surface area contributed by atoms with E-state index in [-0.39, 0.29) is 11.7 Å². The Morgan fingerprint density at radius 3 is 2.81 bits per heavy atom. The third kappa shape index (κ3) is 4.13. The Bertz CT molecular complexity index is 905. The number of hydrogen-bond donors (Lipinski definition) is 1. The first-order valence-corrected chi connectivity index (χ1v) is 9.30. The number of carbonyl (C=O) groups is 1. The maximum absolute atomic E-state index is 14.1. The van der Waals surface area contributed by atoms with Crippen LogP contribution < -0.4 is 5.32 Å². The van der Waals surface area contributed by atoms with Gasteiger partial charge in [0.2, 0.25) is 5.82 Å². The fraction of sp³-hybridized carbons (Fsp3) is 0.333. The van der Waals surface area contributed by atoms with Crippen LogP contribution in [0.1, 0.15) is 39.7 Å². The number of halogens is 1. The van der Waals surface area contributed by atoms with Gasteiger partial charge in [0.25, 0.3) is 5.91 Å². The molecule has 0 saturated heterocycles. The molecule has 0 spiro atoms. The van der Waals surface area contributed by atoms with Crippen LogP contribution in [0.15, 0.2) is 30.5 Å². The first-order valence-electron chi connectivity index (χ1n) is 8.48. The summed E-state index contributed by atoms with van der Waals surface area (Å²) >= 11 is 1.61. The molecule has 0 fully saturated rings. The van der Waals surface area contributed by atoms with Gasteiger partial charge in [-0.05, 0) is 25.5 Å². The van der Waals surface area contributed by atoms with Gasteiger partial charge in [-0.1, -0.05) is 19.1 Å². The molecule has 3 aromatic rings. The average Bonchev–Trinajstić information content (AvgIpc) is 3.22. The number of nitrogens with zero attached hydrogens (tertiary/aromatic N) is 4. The van der Waals surface area contributed by atoms with Gasteiger partial charge in [0.1, 0.15) is 17.3 Å². The summed E-state index contributed by atoms with van der Waals surface area (Å²) in [6, 6.07) is 6.33. The highest BCUT2D eigenvalue weighted by molar-refractivity contribution is 7.11. The highest BCUT2D eigenvalue weighted by Gasteiger charge is 2.18. The van der Waals surface area contributed by atoms with Crippen molar-refractivity contribution in [3.05, 3.63) is 57.8 Å². The molecule has 26 heavy (non-hydrogen) atoms. The second kappa shape index (κ2) is 8.18. The molecule has 6 nitrogen and oxygen atoms in total. The van der Waals surface area contributed by atoms with E-state index in [9.17, 15) is 9.18 Å². The zero-order chi connectivity index (χ0) is 18.5. The topological polar surface area (TPSA) is 72.7 Å². The summed E-state index contributed by atoms with van der Waals surface area (Å²) in [5, 5.41) is 8.00. The SMILES string of the molecule is CCCc1nc(C(=O)NCCc2ncc(C)s2)nn1-c1ccccc1F. The third-order valence-electron chi connectivity index (χ3n) is 3.73. The van der Waals surface area contributed by atoms with E-state index in [4.69, 9.17) is 0 Å². The number of benzene rings is 1. The Hall–Kier alpha value is -2.61. The van der Waals surface area contributed by atoms with Crippen molar-refractivity contribution in [1.29, 1.82) is 0 Å². The van der Waals surface area contributed by atoms with Gasteiger partial charge in [0.15, 0.2) is 0 Å². The number of nitrogens with one attached hydrogen (secondary N) is 1. The van der Waals surface area contributed by atoms with E-state index in [0.29, 0.717) is 30.9 Å². The van der Waals surface area contributed by atoms with Gasteiger partial charge in [-0.25, -0.2) is 19.0 Å². The maximum Gasteiger partial charge on any atom is 0.290 e. The zero-order valence-electron chi connectivity index (χ0n) is 14.7. The Morgan fingerprint density at radius 2 is 2.12 bits per heavy atom. The van der Waals surface area contributed by atoms with E-state index in [1.807, 2.05) is 20.0 Å². The lowest BCUT2D eigenvalue weighted by Crippen LogP contribution is -2.26. The average molecular weight is 373 g/mol. The first-order chi connectivity index (χ1) is 12.6. The minimum atomic E-state index is -0.402. The third-order valence-corrected chi connectivity index (χ3v) is 4.70. The van der Waals surface area contributed by atoms with Gasteiger partial charge < -0.3 is 5.32 Å². The Balaban J connectivity index is 1.74. The quantitative estimate of drug-likeness (QED) is 0.691. The number of aryl methyl sites for hydroxylation is 2. The van der Waals surface area contributed by atoms with Crippen molar-refractivity contribution in [3.63, 3.8) is 0 Å². The number of thiazole rings is 1. The van der Waals surface area contributed by atoms with Gasteiger partial charge in [0, 0.05) is 30.5 Å². The van der Waals surface area contributed by atoms with E-state index >= 15 is 0 Å². The van der Waals surface area contributed by atoms with E-state index in [2.05, 4.69) is 20.4 Å². The van der Waals surface area contributed by atoms with Crippen molar-refractivity contribution in [2.24, 2.45) is 0 Å². The van der Waals surface area contributed by atoms with E-state index < -0.39 is 5.82 Å². The molecule has 0 atom stereocenters. The van der Waals surface area contributed by atoms with Crippen molar-refractivity contribution in [3.8, 4) is 5.69 Å². The van der Waals surface area contributed by atoms with Gasteiger partial charge in [-0.3, -0.25) is 4.79 Å². The largest absolute Gasteiger partial charge is 0.349 e. The van der Waals surface area contributed by atoms with E-state index in [1.165, 1.54) is 10.7 Å². The van der Waals surface area contributed by atoms with Crippen molar-refractivity contribution < 1.29 is 9.18 Å². The van der Waals surface area contributed by atoms with Crippen LogP contribution in [0.4, 0.5) is 4.39 Å². The van der Waals surface area contributed by atoms with Gasteiger partial charge in [-0.2, -0.15) is 0 Å². The Kier molecular flexibility index (Phi) is 5.72. The summed E-state index contributed by atoms with van der Waals surface area (Å²) in [6.45, 7) is 4.44. The van der Waals surface area contributed by atoms with Gasteiger partial charge in [0.05, 0.1) is 5.01 Å². The minimum absolute atomic E-state index is 0.0482. The molecule has 2 heterocycles. The predicted octanol–water partition coefficient (Wildman–Crippen LogP) is 3.10. The normalized spacial score (nSPS) is 10.9. The van der Waals surface area contributed by atoms with Crippen molar-refractivity contribution in [1.82, 2.24) is 25.1 Å². The zero-order valence-corrected chi connectivity index (χ0v) is 15.5. The Labute approximate surface area is 155 Å². The fourth-order valence-corrected chi connectivity index (χ4v) is 3.31. The molecule has 0 aliphatic heterocycles. The summed E-state index contributed by atoms with van der Waals surface area (Å²) in [6.07, 6.45) is 3.89. The molecule has 136 valence electrons. The molecule has 1 N–H and O–H groups in total. The highest BCUT2D eigenvalue weighted by atomic mass is 32.1. The molecule has 0 saturated carbocycles. The number of aromatic nitrogens is 4. The molecule has 3 rings (SSSR count). The van der Waals surface area contributed by atoms with Gasteiger partial charge >= 0.3 is 0 Å². The van der Waals surface area contributed by atoms with Crippen LogP contribution >= 0.6 is 11.3 Å². The van der Waals surface area contributed by atoms with Crippen molar-refractivity contribution in [2.75, 3.05) is 6.54 Å². The number of para-hydroxylation sites is 1. The second-order valence-corrected chi connectivity index (χ2v) is 7.15. The standard InChI is InChI=1S/C18H20FN5OS/c1-3-6-15-22-17(23-24(15)14-8-5-4-7-13(14)19)18(25)20-10-9-16-21-11-12(2)26-16/h4-5,7-8,11H,3,6,9-10H2,1-2H3,(H,20,25). The molecular weight excluding hydrogens is 353 g/mol. The number of hydrogen-bond acceptors (Lipinski definition) is 5. The van der Waals surface area contributed by atoms with Crippen LogP contribution in [0.2, 0.25) is 0 Å². The summed E-state index contributed by atoms with van der Waals surface area (Å²) in [7, 11) is 0. The molecule has 2 aromatic heterocycles. The summed E-state index contributed by atoms with van der Waals surface area (Å²) in [5.74, 6) is -0.156. The van der Waals surface area contributed by atoms with E-state index in [0.717, 1.165) is 16.3 Å². The lowest BCUT2D eigenvalue weighted by atomic mass is 10.3. The maximum atomic E-state index is 14.1. The molecule has 0 aliphatic carbocycles. The van der Waals surface area contributed by atoms with E-state index in [1.54, 1.807) is 29.5 Å². The molecule has 8 heteroatoms. The smallest absolute Gasteiger partial charge is 0.290 e. The molecular formula is C18H20FN5OS. The van der Waals surface area contributed by atoms with Crippen LogP contribution in [0.25, 0.3) is 5.69 Å². The van der Waals surface area contributed by atoms with Crippen LogP contribution in [-0.2, 0) is 12.8 Å².